The van der Waals surface area contributed by atoms with E-state index in [1.807, 2.05) is 24.3 Å². The van der Waals surface area contributed by atoms with Crippen molar-refractivity contribution < 1.29 is 13.6 Å². The van der Waals surface area contributed by atoms with Crippen LogP contribution in [0.3, 0.4) is 0 Å². The van der Waals surface area contributed by atoms with E-state index in [2.05, 4.69) is 15.3 Å². The molecule has 1 aromatic carbocycles. The first-order valence-electron chi connectivity index (χ1n) is 7.89. The summed E-state index contributed by atoms with van der Waals surface area (Å²) in [7, 11) is 0. The van der Waals surface area contributed by atoms with Gasteiger partial charge in [0.05, 0.1) is 22.1 Å². The maximum atomic E-state index is 12.0. The minimum atomic E-state index is -0.0591. The van der Waals surface area contributed by atoms with Crippen LogP contribution in [0.1, 0.15) is 18.6 Å². The number of aryl methyl sites for hydroxylation is 1. The second-order valence-electron chi connectivity index (χ2n) is 5.56. The third-order valence-corrected chi connectivity index (χ3v) is 4.75. The number of furan rings is 1. The Labute approximate surface area is 147 Å². The van der Waals surface area contributed by atoms with Gasteiger partial charge in [0.2, 0.25) is 5.91 Å². The molecule has 0 aliphatic carbocycles. The van der Waals surface area contributed by atoms with Crippen LogP contribution < -0.4 is 5.32 Å². The Hall–Kier alpha value is -2.93. The molecule has 126 valence electrons. The summed E-state index contributed by atoms with van der Waals surface area (Å²) in [6.07, 6.45) is 6.39. The lowest BCUT2D eigenvalue weighted by atomic mass is 10.2. The number of oxazole rings is 1. The molecule has 0 atom stereocenters. The molecule has 6 nitrogen and oxygen atoms in total. The number of para-hydroxylation sites is 1. The molecule has 1 N–H and O–H groups in total. The lowest BCUT2D eigenvalue weighted by Crippen LogP contribution is -2.10. The number of carbonyl (C=O) groups is 1. The van der Waals surface area contributed by atoms with Crippen molar-refractivity contribution in [3.63, 3.8) is 0 Å². The molecule has 0 bridgehead atoms. The summed E-state index contributed by atoms with van der Waals surface area (Å²) < 4.78 is 11.8. The average molecular weight is 353 g/mol. The molecule has 0 spiro atoms. The van der Waals surface area contributed by atoms with E-state index in [0.717, 1.165) is 21.0 Å². The number of thiazole rings is 1. The van der Waals surface area contributed by atoms with Crippen LogP contribution in [-0.2, 0) is 11.2 Å². The van der Waals surface area contributed by atoms with Crippen molar-refractivity contribution in [3.8, 4) is 10.8 Å². The van der Waals surface area contributed by atoms with E-state index in [4.69, 9.17) is 8.83 Å². The number of benzene rings is 1. The SMILES string of the molecule is O=C(CCCc1cnco1)Nc1coc(-c2nc3ccccc3s2)c1. The highest BCUT2D eigenvalue weighted by atomic mass is 32.1. The molecule has 0 saturated heterocycles. The fourth-order valence-electron chi connectivity index (χ4n) is 2.50. The number of amides is 1. The van der Waals surface area contributed by atoms with Gasteiger partial charge in [-0.2, -0.15) is 0 Å². The lowest BCUT2D eigenvalue weighted by molar-refractivity contribution is -0.116. The second-order valence-corrected chi connectivity index (χ2v) is 6.59. The van der Waals surface area contributed by atoms with Gasteiger partial charge in [-0.15, -0.1) is 11.3 Å². The van der Waals surface area contributed by atoms with Crippen LogP contribution in [0.15, 0.2) is 58.0 Å². The van der Waals surface area contributed by atoms with Crippen LogP contribution in [0.25, 0.3) is 21.0 Å². The third-order valence-electron chi connectivity index (χ3n) is 3.70. The topological polar surface area (TPSA) is 81.2 Å². The zero-order chi connectivity index (χ0) is 17.1. The van der Waals surface area contributed by atoms with E-state index < -0.39 is 0 Å². The van der Waals surface area contributed by atoms with Gasteiger partial charge in [0.15, 0.2) is 17.2 Å². The zero-order valence-corrected chi connectivity index (χ0v) is 14.1. The van der Waals surface area contributed by atoms with Crippen LogP contribution in [0.4, 0.5) is 5.69 Å². The van der Waals surface area contributed by atoms with Gasteiger partial charge >= 0.3 is 0 Å². The summed E-state index contributed by atoms with van der Waals surface area (Å²) >= 11 is 1.56. The lowest BCUT2D eigenvalue weighted by Gasteiger charge is -2.00. The van der Waals surface area contributed by atoms with Crippen molar-refractivity contribution in [1.29, 1.82) is 0 Å². The number of nitrogens with zero attached hydrogens (tertiary/aromatic N) is 2. The fraction of sp³-hybridized carbons (Fsp3) is 0.167. The van der Waals surface area contributed by atoms with Gasteiger partial charge in [-0.3, -0.25) is 4.79 Å². The minimum Gasteiger partial charge on any atom is -0.460 e. The van der Waals surface area contributed by atoms with Crippen molar-refractivity contribution >= 4 is 33.1 Å². The molecule has 0 fully saturated rings. The number of anilines is 1. The average Bonchev–Trinajstić information content (AvgIpc) is 3.34. The second kappa shape index (κ2) is 6.90. The van der Waals surface area contributed by atoms with Crippen LogP contribution in [0.5, 0.6) is 0 Å². The van der Waals surface area contributed by atoms with E-state index in [0.29, 0.717) is 30.7 Å². The van der Waals surface area contributed by atoms with Gasteiger partial charge < -0.3 is 14.2 Å². The molecule has 7 heteroatoms. The number of aromatic nitrogens is 2. The molecule has 4 rings (SSSR count). The first-order valence-corrected chi connectivity index (χ1v) is 8.71. The summed E-state index contributed by atoms with van der Waals surface area (Å²) in [6, 6.07) is 9.73. The Balaban J connectivity index is 1.36. The molecule has 3 heterocycles. The molecule has 3 aromatic heterocycles. The quantitative estimate of drug-likeness (QED) is 0.552. The summed E-state index contributed by atoms with van der Waals surface area (Å²) in [6.45, 7) is 0. The summed E-state index contributed by atoms with van der Waals surface area (Å²) in [5.74, 6) is 1.38. The van der Waals surface area contributed by atoms with E-state index in [9.17, 15) is 4.79 Å². The van der Waals surface area contributed by atoms with Gasteiger partial charge in [0.25, 0.3) is 0 Å². The van der Waals surface area contributed by atoms with Crippen molar-refractivity contribution in [1.82, 2.24) is 9.97 Å². The molecule has 0 aliphatic rings. The first-order chi connectivity index (χ1) is 12.3. The Morgan fingerprint density at radius 3 is 3.00 bits per heavy atom. The number of fused-ring (bicyclic) bond motifs is 1. The minimum absolute atomic E-state index is 0.0591. The number of hydrogen-bond donors (Lipinski definition) is 1. The van der Waals surface area contributed by atoms with Crippen molar-refractivity contribution in [2.75, 3.05) is 5.32 Å². The summed E-state index contributed by atoms with van der Waals surface area (Å²) in [4.78, 5) is 20.4. The van der Waals surface area contributed by atoms with Crippen LogP contribution in [0, 0.1) is 0 Å². The highest BCUT2D eigenvalue weighted by Crippen LogP contribution is 2.32. The van der Waals surface area contributed by atoms with E-state index in [1.165, 1.54) is 12.7 Å². The predicted molar refractivity (Wildman–Crippen MR) is 95.4 cm³/mol. The normalized spacial score (nSPS) is 11.0. The number of rotatable bonds is 6. The van der Waals surface area contributed by atoms with Crippen molar-refractivity contribution in [2.45, 2.75) is 19.3 Å². The molecule has 1 amide bonds. The Bertz CT molecular complexity index is 955. The molecule has 0 saturated carbocycles. The Morgan fingerprint density at radius 2 is 2.16 bits per heavy atom. The highest BCUT2D eigenvalue weighted by Gasteiger charge is 2.12. The van der Waals surface area contributed by atoms with Gasteiger partial charge in [-0.05, 0) is 18.6 Å². The maximum Gasteiger partial charge on any atom is 0.224 e. The molecule has 0 unspecified atom stereocenters. The number of nitrogens with one attached hydrogen (secondary N) is 1. The number of hydrogen-bond acceptors (Lipinski definition) is 6. The third kappa shape index (κ3) is 3.61. The fourth-order valence-corrected chi connectivity index (χ4v) is 3.43. The van der Waals surface area contributed by atoms with Crippen LogP contribution in [-0.4, -0.2) is 15.9 Å². The zero-order valence-electron chi connectivity index (χ0n) is 13.3. The molecular formula is C18H15N3O3S. The van der Waals surface area contributed by atoms with E-state index in [1.54, 1.807) is 23.6 Å². The van der Waals surface area contributed by atoms with Crippen LogP contribution in [0.2, 0.25) is 0 Å². The monoisotopic (exact) mass is 353 g/mol. The van der Waals surface area contributed by atoms with Gasteiger partial charge in [-0.1, -0.05) is 12.1 Å². The summed E-state index contributed by atoms with van der Waals surface area (Å²) in [5.41, 5.74) is 1.58. The number of carbonyl (C=O) groups excluding carboxylic acids is 1. The molecule has 4 aromatic rings. The van der Waals surface area contributed by atoms with E-state index >= 15 is 0 Å². The van der Waals surface area contributed by atoms with Crippen molar-refractivity contribution in [2.24, 2.45) is 0 Å². The smallest absolute Gasteiger partial charge is 0.224 e. The molecule has 25 heavy (non-hydrogen) atoms. The Kier molecular flexibility index (Phi) is 4.30. The predicted octanol–water partition coefficient (Wildman–Crippen LogP) is 4.51. The van der Waals surface area contributed by atoms with E-state index in [-0.39, 0.29) is 5.91 Å². The van der Waals surface area contributed by atoms with Gasteiger partial charge in [0.1, 0.15) is 12.0 Å². The van der Waals surface area contributed by atoms with Crippen molar-refractivity contribution in [3.05, 3.63) is 54.9 Å². The summed E-state index contributed by atoms with van der Waals surface area (Å²) in [5, 5.41) is 3.64. The van der Waals surface area contributed by atoms with Gasteiger partial charge in [0, 0.05) is 18.9 Å². The highest BCUT2D eigenvalue weighted by molar-refractivity contribution is 7.21. The molecular weight excluding hydrogens is 338 g/mol. The standard InChI is InChI=1S/C18H15N3O3S/c22-17(7-3-4-13-9-19-11-24-13)20-12-8-15(23-10-12)18-21-14-5-1-2-6-16(14)25-18/h1-2,5-6,8-11H,3-4,7H2,(H,20,22). The maximum absolute atomic E-state index is 12.0. The largest absolute Gasteiger partial charge is 0.460 e. The Morgan fingerprint density at radius 1 is 1.24 bits per heavy atom. The van der Waals surface area contributed by atoms with Gasteiger partial charge in [-0.25, -0.2) is 9.97 Å². The van der Waals surface area contributed by atoms with Crippen LogP contribution >= 0.6 is 11.3 Å². The first kappa shape index (κ1) is 15.6. The molecule has 0 radical (unpaired) electrons. The molecule has 0 aliphatic heterocycles.